The van der Waals surface area contributed by atoms with Crippen LogP contribution in [0.15, 0.2) is 0 Å². The van der Waals surface area contributed by atoms with Crippen LogP contribution in [0, 0.1) is 5.92 Å². The molecule has 0 bridgehead atoms. The van der Waals surface area contributed by atoms with Crippen LogP contribution in [0.25, 0.3) is 0 Å². The third kappa shape index (κ3) is 5.37. The minimum absolute atomic E-state index is 0.0531. The van der Waals surface area contributed by atoms with Crippen molar-refractivity contribution >= 4 is 6.09 Å². The molecule has 1 fully saturated rings. The molecule has 3 N–H and O–H groups in total. The number of carbonyl (C=O) groups is 1. The van der Waals surface area contributed by atoms with Crippen molar-refractivity contribution < 1.29 is 14.3 Å². The summed E-state index contributed by atoms with van der Waals surface area (Å²) in [6.07, 6.45) is 1.31. The van der Waals surface area contributed by atoms with Crippen LogP contribution in [-0.4, -0.2) is 37.5 Å². The molecule has 1 rings (SSSR count). The normalized spacial score (nSPS) is 26.1. The van der Waals surface area contributed by atoms with Gasteiger partial charge in [0.15, 0.2) is 0 Å². The molecule has 0 spiro atoms. The molecule has 5 heteroatoms. The summed E-state index contributed by atoms with van der Waals surface area (Å²) in [5, 5.41) is 2.90. The Labute approximate surface area is 103 Å². The summed E-state index contributed by atoms with van der Waals surface area (Å²) in [5.41, 5.74) is 5.25. The van der Waals surface area contributed by atoms with E-state index in [9.17, 15) is 4.79 Å². The third-order valence-corrected chi connectivity index (χ3v) is 2.78. The number of hydrogen-bond acceptors (Lipinski definition) is 4. The van der Waals surface area contributed by atoms with E-state index in [0.717, 1.165) is 12.8 Å². The molecule has 5 nitrogen and oxygen atoms in total. The van der Waals surface area contributed by atoms with Crippen LogP contribution in [0.2, 0.25) is 0 Å². The first-order chi connectivity index (χ1) is 7.92. The molecule has 0 aliphatic carbocycles. The Hall–Kier alpha value is -0.810. The maximum Gasteiger partial charge on any atom is 0.407 e. The molecule has 0 radical (unpaired) electrons. The van der Waals surface area contributed by atoms with Crippen molar-refractivity contribution in [2.45, 2.75) is 45.3 Å². The third-order valence-electron chi connectivity index (χ3n) is 2.78. The fourth-order valence-electron chi connectivity index (χ4n) is 1.92. The molecule has 100 valence electrons. The van der Waals surface area contributed by atoms with Crippen molar-refractivity contribution in [2.75, 3.05) is 19.8 Å². The minimum atomic E-state index is -0.469. The minimum Gasteiger partial charge on any atom is -0.444 e. The van der Waals surface area contributed by atoms with E-state index in [0.29, 0.717) is 19.8 Å². The summed E-state index contributed by atoms with van der Waals surface area (Å²) < 4.78 is 10.6. The predicted molar refractivity (Wildman–Crippen MR) is 65.8 cm³/mol. The summed E-state index contributed by atoms with van der Waals surface area (Å²) >= 11 is 0. The number of alkyl carbamates (subject to hydrolysis) is 1. The molecule has 0 saturated carbocycles. The highest BCUT2D eigenvalue weighted by atomic mass is 16.6. The maximum absolute atomic E-state index is 11.7. The second-order valence-electron chi connectivity index (χ2n) is 5.44. The number of amides is 1. The molecule has 1 aliphatic rings. The van der Waals surface area contributed by atoms with E-state index in [-0.39, 0.29) is 18.1 Å². The van der Waals surface area contributed by atoms with Gasteiger partial charge in [-0.3, -0.25) is 0 Å². The molecule has 0 aromatic heterocycles. The van der Waals surface area contributed by atoms with Gasteiger partial charge in [-0.1, -0.05) is 0 Å². The van der Waals surface area contributed by atoms with Gasteiger partial charge < -0.3 is 20.5 Å². The Balaban J connectivity index is 2.49. The molecule has 0 aromatic carbocycles. The van der Waals surface area contributed by atoms with Crippen molar-refractivity contribution in [3.8, 4) is 0 Å². The Bertz CT molecular complexity index is 251. The Morgan fingerprint density at radius 2 is 2.06 bits per heavy atom. The van der Waals surface area contributed by atoms with Gasteiger partial charge in [0.1, 0.15) is 5.60 Å². The summed E-state index contributed by atoms with van der Waals surface area (Å²) in [7, 11) is 0. The zero-order valence-corrected chi connectivity index (χ0v) is 11.0. The SMILES string of the molecule is CC(C)(C)OC(=O)N[C@@H]1CCOCC[C@H]1CN. The number of rotatable bonds is 2. The molecule has 17 heavy (non-hydrogen) atoms. The second kappa shape index (κ2) is 6.21. The van der Waals surface area contributed by atoms with Gasteiger partial charge in [0, 0.05) is 19.3 Å². The first kappa shape index (κ1) is 14.3. The molecule has 0 aromatic rings. The molecule has 2 atom stereocenters. The lowest BCUT2D eigenvalue weighted by molar-refractivity contribution is 0.0483. The summed E-state index contributed by atoms with van der Waals surface area (Å²) in [6.45, 7) is 7.49. The smallest absolute Gasteiger partial charge is 0.407 e. The van der Waals surface area contributed by atoms with E-state index in [4.69, 9.17) is 15.2 Å². The van der Waals surface area contributed by atoms with Crippen LogP contribution >= 0.6 is 0 Å². The Morgan fingerprint density at radius 1 is 1.41 bits per heavy atom. The quantitative estimate of drug-likeness (QED) is 0.767. The lowest BCUT2D eigenvalue weighted by Gasteiger charge is -2.26. The van der Waals surface area contributed by atoms with Crippen LogP contribution in [-0.2, 0) is 9.47 Å². The first-order valence-corrected chi connectivity index (χ1v) is 6.19. The molecular weight excluding hydrogens is 220 g/mol. The fraction of sp³-hybridized carbons (Fsp3) is 0.917. The van der Waals surface area contributed by atoms with E-state index in [1.165, 1.54) is 0 Å². The van der Waals surface area contributed by atoms with Gasteiger partial charge >= 0.3 is 6.09 Å². The van der Waals surface area contributed by atoms with Crippen LogP contribution in [0.5, 0.6) is 0 Å². The van der Waals surface area contributed by atoms with Crippen LogP contribution in [0.4, 0.5) is 4.79 Å². The van der Waals surface area contributed by atoms with E-state index in [2.05, 4.69) is 5.32 Å². The predicted octanol–water partition coefficient (Wildman–Crippen LogP) is 1.26. The Morgan fingerprint density at radius 3 is 2.65 bits per heavy atom. The lowest BCUT2D eigenvalue weighted by atomic mass is 9.95. The van der Waals surface area contributed by atoms with Crippen LogP contribution in [0.1, 0.15) is 33.6 Å². The van der Waals surface area contributed by atoms with Gasteiger partial charge in [-0.05, 0) is 46.1 Å². The molecule has 1 saturated heterocycles. The summed E-state index contributed by atoms with van der Waals surface area (Å²) in [4.78, 5) is 11.7. The van der Waals surface area contributed by atoms with Crippen molar-refractivity contribution in [1.29, 1.82) is 0 Å². The highest BCUT2D eigenvalue weighted by Crippen LogP contribution is 2.16. The largest absolute Gasteiger partial charge is 0.444 e. The molecule has 0 unspecified atom stereocenters. The van der Waals surface area contributed by atoms with E-state index in [1.54, 1.807) is 0 Å². The number of hydrogen-bond donors (Lipinski definition) is 2. The number of ether oxygens (including phenoxy) is 2. The number of carbonyl (C=O) groups excluding carboxylic acids is 1. The highest BCUT2D eigenvalue weighted by molar-refractivity contribution is 5.68. The van der Waals surface area contributed by atoms with Crippen LogP contribution < -0.4 is 11.1 Å². The van der Waals surface area contributed by atoms with Gasteiger partial charge in [0.05, 0.1) is 0 Å². The zero-order chi connectivity index (χ0) is 12.9. The maximum atomic E-state index is 11.7. The molecule has 1 amide bonds. The summed E-state index contributed by atoms with van der Waals surface area (Å²) in [6, 6.07) is 0.0531. The monoisotopic (exact) mass is 244 g/mol. The topological polar surface area (TPSA) is 73.6 Å². The number of nitrogens with two attached hydrogens (primary N) is 1. The van der Waals surface area contributed by atoms with E-state index in [1.807, 2.05) is 20.8 Å². The summed E-state index contributed by atoms with van der Waals surface area (Å²) in [5.74, 6) is 0.269. The molecular formula is C12H24N2O3. The van der Waals surface area contributed by atoms with Gasteiger partial charge in [-0.25, -0.2) is 4.79 Å². The van der Waals surface area contributed by atoms with Gasteiger partial charge in [0.25, 0.3) is 0 Å². The average molecular weight is 244 g/mol. The standard InChI is InChI=1S/C12H24N2O3/c1-12(2,3)17-11(15)14-10-5-7-16-6-4-9(10)8-13/h9-10H,4-8,13H2,1-3H3,(H,14,15)/t9-,10+/m0/s1. The van der Waals surface area contributed by atoms with Crippen molar-refractivity contribution in [1.82, 2.24) is 5.32 Å². The van der Waals surface area contributed by atoms with Crippen molar-refractivity contribution in [3.63, 3.8) is 0 Å². The van der Waals surface area contributed by atoms with Crippen molar-refractivity contribution in [2.24, 2.45) is 11.7 Å². The Kier molecular flexibility index (Phi) is 5.21. The van der Waals surface area contributed by atoms with Gasteiger partial charge in [-0.15, -0.1) is 0 Å². The molecule has 1 heterocycles. The van der Waals surface area contributed by atoms with Crippen molar-refractivity contribution in [3.05, 3.63) is 0 Å². The number of nitrogens with one attached hydrogen (secondary N) is 1. The highest BCUT2D eigenvalue weighted by Gasteiger charge is 2.26. The zero-order valence-electron chi connectivity index (χ0n) is 11.0. The van der Waals surface area contributed by atoms with E-state index >= 15 is 0 Å². The van der Waals surface area contributed by atoms with Gasteiger partial charge in [-0.2, -0.15) is 0 Å². The lowest BCUT2D eigenvalue weighted by Crippen LogP contribution is -2.45. The second-order valence-corrected chi connectivity index (χ2v) is 5.44. The average Bonchev–Trinajstić information content (AvgIpc) is 2.39. The van der Waals surface area contributed by atoms with Crippen LogP contribution in [0.3, 0.4) is 0 Å². The fourth-order valence-corrected chi connectivity index (χ4v) is 1.92. The van der Waals surface area contributed by atoms with Gasteiger partial charge in [0.2, 0.25) is 0 Å². The van der Waals surface area contributed by atoms with E-state index < -0.39 is 5.60 Å². The first-order valence-electron chi connectivity index (χ1n) is 6.19. The molecule has 1 aliphatic heterocycles.